The van der Waals surface area contributed by atoms with Crippen LogP contribution in [0.1, 0.15) is 22.3 Å². The van der Waals surface area contributed by atoms with Crippen molar-refractivity contribution in [2.75, 3.05) is 7.11 Å². The Labute approximate surface area is 148 Å². The molecule has 0 fully saturated rings. The van der Waals surface area contributed by atoms with Crippen LogP contribution in [-0.2, 0) is 19.4 Å². The van der Waals surface area contributed by atoms with E-state index in [9.17, 15) is 13.2 Å². The smallest absolute Gasteiger partial charge is 0.349 e. The van der Waals surface area contributed by atoms with Gasteiger partial charge in [-0.2, -0.15) is 0 Å². The molecule has 0 saturated carbocycles. The highest BCUT2D eigenvalue weighted by molar-refractivity contribution is 7.99. The fraction of sp³-hybridized carbons (Fsp3) is 0.150. The van der Waals surface area contributed by atoms with Crippen molar-refractivity contribution in [1.82, 2.24) is 0 Å². The summed E-state index contributed by atoms with van der Waals surface area (Å²) in [5.41, 5.74) is 3.46. The number of benzene rings is 2. The van der Waals surface area contributed by atoms with Crippen LogP contribution in [0.5, 0.6) is 0 Å². The van der Waals surface area contributed by atoms with Gasteiger partial charge < -0.3 is 4.74 Å². The fourth-order valence-electron chi connectivity index (χ4n) is 2.09. The molecular formula is C20H20O4S. The quantitative estimate of drug-likeness (QED) is 0.602. The van der Waals surface area contributed by atoms with E-state index in [0.29, 0.717) is 5.56 Å². The topological polar surface area (TPSA) is 60.4 Å². The maximum atomic E-state index is 12.6. The first kappa shape index (κ1) is 18.7. The summed E-state index contributed by atoms with van der Waals surface area (Å²) in [6.07, 6.45) is 2.78. The van der Waals surface area contributed by atoms with E-state index in [2.05, 4.69) is 4.74 Å². The zero-order valence-corrected chi connectivity index (χ0v) is 15.2. The summed E-state index contributed by atoms with van der Waals surface area (Å²) >= 11 is 0. The number of ether oxygens (including phenoxy) is 1. The Morgan fingerprint density at radius 3 is 1.84 bits per heavy atom. The van der Waals surface area contributed by atoms with Crippen molar-refractivity contribution >= 4 is 28.0 Å². The molecular weight excluding hydrogens is 336 g/mol. The third-order valence-corrected chi connectivity index (χ3v) is 4.98. The Morgan fingerprint density at radius 1 is 0.880 bits per heavy atom. The van der Waals surface area contributed by atoms with E-state index in [4.69, 9.17) is 0 Å². The van der Waals surface area contributed by atoms with Crippen LogP contribution < -0.4 is 0 Å². The van der Waals surface area contributed by atoms with Gasteiger partial charge in [-0.15, -0.1) is 0 Å². The van der Waals surface area contributed by atoms with Crippen molar-refractivity contribution in [3.05, 3.63) is 81.1 Å². The first-order valence-corrected chi connectivity index (χ1v) is 9.23. The van der Waals surface area contributed by atoms with Gasteiger partial charge in [-0.1, -0.05) is 59.7 Å². The summed E-state index contributed by atoms with van der Waals surface area (Å²) in [5.74, 6) is -0.894. The van der Waals surface area contributed by atoms with Crippen LogP contribution in [0, 0.1) is 13.8 Å². The van der Waals surface area contributed by atoms with Crippen molar-refractivity contribution in [3.8, 4) is 0 Å². The van der Waals surface area contributed by atoms with Crippen molar-refractivity contribution in [2.45, 2.75) is 13.8 Å². The van der Waals surface area contributed by atoms with Crippen LogP contribution in [0.25, 0.3) is 12.2 Å². The molecule has 0 bridgehead atoms. The van der Waals surface area contributed by atoms with Crippen molar-refractivity contribution < 1.29 is 17.9 Å². The van der Waals surface area contributed by atoms with Crippen LogP contribution in [0.3, 0.4) is 0 Å². The van der Waals surface area contributed by atoms with Gasteiger partial charge in [0.1, 0.15) is 0 Å². The van der Waals surface area contributed by atoms with Gasteiger partial charge in [-0.05, 0) is 37.1 Å². The first-order valence-electron chi connectivity index (χ1n) is 7.68. The molecule has 0 aliphatic carbocycles. The monoisotopic (exact) mass is 356 g/mol. The molecule has 0 aliphatic heterocycles. The second-order valence-corrected chi connectivity index (χ2v) is 7.47. The summed E-state index contributed by atoms with van der Waals surface area (Å²) in [6.45, 7) is 3.87. The van der Waals surface area contributed by atoms with E-state index in [1.54, 1.807) is 12.1 Å². The van der Waals surface area contributed by atoms with E-state index < -0.39 is 20.7 Å². The van der Waals surface area contributed by atoms with Crippen molar-refractivity contribution in [1.29, 1.82) is 0 Å². The highest BCUT2D eigenvalue weighted by atomic mass is 32.2. The minimum absolute atomic E-state index is 0.401. The van der Waals surface area contributed by atoms with Gasteiger partial charge in [0.15, 0.2) is 4.91 Å². The van der Waals surface area contributed by atoms with Gasteiger partial charge in [0, 0.05) is 5.41 Å². The van der Waals surface area contributed by atoms with Gasteiger partial charge >= 0.3 is 5.97 Å². The maximum absolute atomic E-state index is 12.6. The van der Waals surface area contributed by atoms with Gasteiger partial charge in [-0.3, -0.25) is 0 Å². The van der Waals surface area contributed by atoms with E-state index in [1.807, 2.05) is 50.2 Å². The molecule has 2 aromatic carbocycles. The molecule has 0 heterocycles. The second kappa shape index (κ2) is 7.94. The van der Waals surface area contributed by atoms with Crippen molar-refractivity contribution in [2.24, 2.45) is 0 Å². The molecule has 0 spiro atoms. The SMILES string of the molecule is COC(=O)/C(=C\c1ccc(C)cc1)S(=O)(=O)/C=C\c1ccc(C)cc1. The molecule has 0 aromatic heterocycles. The molecule has 0 radical (unpaired) electrons. The van der Waals surface area contributed by atoms with Gasteiger partial charge in [0.05, 0.1) is 7.11 Å². The third kappa shape index (κ3) is 5.16. The summed E-state index contributed by atoms with van der Waals surface area (Å²) in [4.78, 5) is 11.6. The number of aryl methyl sites for hydroxylation is 2. The number of rotatable bonds is 5. The number of carbonyl (C=O) groups is 1. The minimum Gasteiger partial charge on any atom is -0.465 e. The van der Waals surface area contributed by atoms with Crippen LogP contribution in [0.15, 0.2) is 58.8 Å². The van der Waals surface area contributed by atoms with Crippen LogP contribution >= 0.6 is 0 Å². The highest BCUT2D eigenvalue weighted by Gasteiger charge is 2.23. The van der Waals surface area contributed by atoms with Crippen molar-refractivity contribution in [3.63, 3.8) is 0 Å². The lowest BCUT2D eigenvalue weighted by Gasteiger charge is -2.05. The van der Waals surface area contributed by atoms with Crippen LogP contribution in [0.2, 0.25) is 0 Å². The average molecular weight is 356 g/mol. The predicted molar refractivity (Wildman–Crippen MR) is 100 cm³/mol. The lowest BCUT2D eigenvalue weighted by atomic mass is 10.1. The third-order valence-electron chi connectivity index (χ3n) is 3.59. The molecule has 2 rings (SSSR count). The van der Waals surface area contributed by atoms with Gasteiger partial charge in [0.25, 0.3) is 0 Å². The molecule has 0 unspecified atom stereocenters. The Morgan fingerprint density at radius 2 is 1.36 bits per heavy atom. The van der Waals surface area contributed by atoms with Crippen LogP contribution in [0.4, 0.5) is 0 Å². The molecule has 0 atom stereocenters. The Hall–Kier alpha value is -2.66. The summed E-state index contributed by atoms with van der Waals surface area (Å²) in [6, 6.07) is 14.6. The summed E-state index contributed by atoms with van der Waals surface area (Å²) in [5, 5.41) is 1.02. The Balaban J connectivity index is 2.40. The van der Waals surface area contributed by atoms with Gasteiger partial charge in [-0.25, -0.2) is 13.2 Å². The van der Waals surface area contributed by atoms with Crippen LogP contribution in [-0.4, -0.2) is 21.5 Å². The molecule has 0 saturated heterocycles. The summed E-state index contributed by atoms with van der Waals surface area (Å²) < 4.78 is 29.8. The molecule has 5 heteroatoms. The number of sulfone groups is 1. The van der Waals surface area contributed by atoms with Gasteiger partial charge in [0.2, 0.25) is 9.84 Å². The van der Waals surface area contributed by atoms with E-state index in [0.717, 1.165) is 29.2 Å². The molecule has 25 heavy (non-hydrogen) atoms. The molecule has 130 valence electrons. The molecule has 2 aromatic rings. The number of hydrogen-bond acceptors (Lipinski definition) is 4. The van der Waals surface area contributed by atoms with E-state index >= 15 is 0 Å². The molecule has 0 N–H and O–H groups in total. The number of esters is 1. The zero-order chi connectivity index (χ0) is 18.4. The predicted octanol–water partition coefficient (Wildman–Crippen LogP) is 3.90. The molecule has 0 amide bonds. The fourth-order valence-corrected chi connectivity index (χ4v) is 3.19. The summed E-state index contributed by atoms with van der Waals surface area (Å²) in [7, 11) is -2.79. The van der Waals surface area contributed by atoms with E-state index in [-0.39, 0.29) is 0 Å². The maximum Gasteiger partial charge on any atom is 0.349 e. The normalized spacial score (nSPS) is 12.4. The number of hydrogen-bond donors (Lipinski definition) is 0. The second-order valence-electron chi connectivity index (χ2n) is 5.67. The van der Waals surface area contributed by atoms with E-state index in [1.165, 1.54) is 12.2 Å². The largest absolute Gasteiger partial charge is 0.465 e. The standard InChI is InChI=1S/C20H20O4S/c1-15-4-8-17(9-5-15)12-13-25(22,23)19(20(21)24-3)14-18-10-6-16(2)7-11-18/h4-14H,1-3H3/b13-12-,19-14+. The number of carbonyl (C=O) groups excluding carboxylic acids is 1. The lowest BCUT2D eigenvalue weighted by molar-refractivity contribution is -0.135. The minimum atomic E-state index is -3.94. The lowest BCUT2D eigenvalue weighted by Crippen LogP contribution is -2.13. The number of methoxy groups -OCH3 is 1. The molecule has 4 nitrogen and oxygen atoms in total. The average Bonchev–Trinajstić information content (AvgIpc) is 2.60. The Kier molecular flexibility index (Phi) is 5.93. The highest BCUT2D eigenvalue weighted by Crippen LogP contribution is 2.18. The zero-order valence-electron chi connectivity index (χ0n) is 14.4. The first-order chi connectivity index (χ1) is 11.8. The Bertz CT molecular complexity index is 903. The molecule has 0 aliphatic rings.